The van der Waals surface area contributed by atoms with Crippen molar-refractivity contribution in [3.8, 4) is 5.75 Å². The summed E-state index contributed by atoms with van der Waals surface area (Å²) < 4.78 is 0. The van der Waals surface area contributed by atoms with Crippen LogP contribution in [-0.4, -0.2) is 47.6 Å². The molecule has 1 aromatic carbocycles. The van der Waals surface area contributed by atoms with Gasteiger partial charge < -0.3 is 10.0 Å². The Bertz CT molecular complexity index is 512. The maximum Gasteiger partial charge on any atom is 0.115 e. The highest BCUT2D eigenvalue weighted by Gasteiger charge is 2.33. The van der Waals surface area contributed by atoms with E-state index in [4.69, 9.17) is 0 Å². The molecule has 0 radical (unpaired) electrons. The molecule has 2 fully saturated rings. The summed E-state index contributed by atoms with van der Waals surface area (Å²) >= 11 is 0. The number of phenolic OH excluding ortho intramolecular Hbond substituents is 1. The largest absolute Gasteiger partial charge is 0.508 e. The quantitative estimate of drug-likeness (QED) is 0.872. The van der Waals surface area contributed by atoms with Crippen LogP contribution in [0.4, 0.5) is 0 Å². The van der Waals surface area contributed by atoms with Gasteiger partial charge in [-0.3, -0.25) is 4.90 Å². The van der Waals surface area contributed by atoms with Gasteiger partial charge in [0.1, 0.15) is 5.75 Å². The molecule has 0 amide bonds. The molecule has 1 unspecified atom stereocenters. The summed E-state index contributed by atoms with van der Waals surface area (Å²) in [7, 11) is 0. The van der Waals surface area contributed by atoms with Gasteiger partial charge >= 0.3 is 0 Å². The summed E-state index contributed by atoms with van der Waals surface area (Å²) in [6.45, 7) is 11.0. The molecule has 3 rings (SSSR count). The highest BCUT2D eigenvalue weighted by Crippen LogP contribution is 2.39. The van der Waals surface area contributed by atoms with Crippen LogP contribution >= 0.6 is 0 Å². The summed E-state index contributed by atoms with van der Waals surface area (Å²) in [5.74, 6) is 1.78. The summed E-state index contributed by atoms with van der Waals surface area (Å²) in [4.78, 5) is 5.31. The van der Waals surface area contributed by atoms with Crippen molar-refractivity contribution in [1.29, 1.82) is 0 Å². The highest BCUT2D eigenvalue weighted by molar-refractivity contribution is 5.30. The highest BCUT2D eigenvalue weighted by atomic mass is 16.3. The lowest BCUT2D eigenvalue weighted by Gasteiger charge is -2.44. The van der Waals surface area contributed by atoms with Crippen molar-refractivity contribution in [3.63, 3.8) is 0 Å². The first kappa shape index (κ1) is 17.8. The average Bonchev–Trinajstić information content (AvgIpc) is 2.59. The van der Waals surface area contributed by atoms with Gasteiger partial charge in [-0.05, 0) is 87.9 Å². The zero-order valence-corrected chi connectivity index (χ0v) is 15.5. The third kappa shape index (κ3) is 4.31. The van der Waals surface area contributed by atoms with Crippen LogP contribution in [0.1, 0.15) is 57.6 Å². The number of rotatable bonds is 5. The SMILES string of the molecule is C[C@H]1CCN(CCCN2CCCCC2)C(c2cccc(O)c2)[C@@H]1C. The predicted molar refractivity (Wildman–Crippen MR) is 100 cm³/mol. The number of aromatic hydroxyl groups is 1. The molecule has 3 atom stereocenters. The number of benzene rings is 1. The standard InChI is InChI=1S/C21H34N2O/c1-17-10-15-23(14-7-13-22-11-4-3-5-12-22)21(18(17)2)19-8-6-9-20(24)16-19/h6,8-9,16-18,21,24H,3-5,7,10-15H2,1-2H3/t17-,18+,21?/m0/s1. The lowest BCUT2D eigenvalue weighted by atomic mass is 9.79. The number of hydrogen-bond donors (Lipinski definition) is 1. The monoisotopic (exact) mass is 330 g/mol. The number of hydrogen-bond acceptors (Lipinski definition) is 3. The van der Waals surface area contributed by atoms with Crippen molar-refractivity contribution in [3.05, 3.63) is 29.8 Å². The minimum absolute atomic E-state index is 0.395. The van der Waals surface area contributed by atoms with E-state index in [1.54, 1.807) is 6.07 Å². The minimum atomic E-state index is 0.395. The molecule has 0 aromatic heterocycles. The van der Waals surface area contributed by atoms with E-state index in [-0.39, 0.29) is 0 Å². The molecule has 1 N–H and O–H groups in total. The topological polar surface area (TPSA) is 26.7 Å². The maximum atomic E-state index is 9.90. The lowest BCUT2D eigenvalue weighted by Crippen LogP contribution is -2.43. The third-order valence-electron chi connectivity index (χ3n) is 6.24. The Hall–Kier alpha value is -1.06. The number of phenols is 1. The molecule has 2 heterocycles. The van der Waals surface area contributed by atoms with Crippen molar-refractivity contribution < 1.29 is 5.11 Å². The maximum absolute atomic E-state index is 9.90. The molecular formula is C21H34N2O. The van der Waals surface area contributed by atoms with E-state index < -0.39 is 0 Å². The van der Waals surface area contributed by atoms with Crippen LogP contribution in [0.3, 0.4) is 0 Å². The molecule has 2 aliphatic rings. The first-order valence-electron chi connectivity index (χ1n) is 9.90. The fourth-order valence-electron chi connectivity index (χ4n) is 4.57. The molecule has 2 aliphatic heterocycles. The molecule has 0 saturated carbocycles. The first-order chi connectivity index (χ1) is 11.6. The lowest BCUT2D eigenvalue weighted by molar-refractivity contribution is 0.0587. The summed E-state index contributed by atoms with van der Waals surface area (Å²) in [5, 5.41) is 9.90. The Morgan fingerprint density at radius 1 is 1.04 bits per heavy atom. The zero-order chi connectivity index (χ0) is 16.9. The molecule has 0 aliphatic carbocycles. The predicted octanol–water partition coefficient (Wildman–Crippen LogP) is 4.29. The van der Waals surface area contributed by atoms with E-state index in [1.807, 2.05) is 12.1 Å². The normalized spacial score (nSPS) is 29.7. The third-order valence-corrected chi connectivity index (χ3v) is 6.24. The van der Waals surface area contributed by atoms with Crippen LogP contribution in [0.15, 0.2) is 24.3 Å². The molecule has 3 nitrogen and oxygen atoms in total. The molecule has 2 saturated heterocycles. The van der Waals surface area contributed by atoms with Crippen LogP contribution in [0.5, 0.6) is 5.75 Å². The Labute approximate surface area is 147 Å². The second-order valence-electron chi connectivity index (χ2n) is 7.96. The van der Waals surface area contributed by atoms with Gasteiger partial charge in [0.15, 0.2) is 0 Å². The Morgan fingerprint density at radius 2 is 1.83 bits per heavy atom. The van der Waals surface area contributed by atoms with E-state index in [9.17, 15) is 5.11 Å². The molecule has 0 bridgehead atoms. The molecule has 24 heavy (non-hydrogen) atoms. The van der Waals surface area contributed by atoms with Crippen molar-refractivity contribution >= 4 is 0 Å². The van der Waals surface area contributed by atoms with Crippen LogP contribution < -0.4 is 0 Å². The smallest absolute Gasteiger partial charge is 0.115 e. The van der Waals surface area contributed by atoms with Gasteiger partial charge in [0.25, 0.3) is 0 Å². The van der Waals surface area contributed by atoms with Crippen LogP contribution in [0, 0.1) is 11.8 Å². The van der Waals surface area contributed by atoms with E-state index in [0.29, 0.717) is 17.7 Å². The molecule has 3 heteroatoms. The number of likely N-dealkylation sites (tertiary alicyclic amines) is 2. The van der Waals surface area contributed by atoms with Crippen LogP contribution in [0.2, 0.25) is 0 Å². The Kier molecular flexibility index (Phi) is 6.18. The molecule has 134 valence electrons. The van der Waals surface area contributed by atoms with Crippen molar-refractivity contribution in [2.75, 3.05) is 32.7 Å². The summed E-state index contributed by atoms with van der Waals surface area (Å²) in [6, 6.07) is 8.37. The van der Waals surface area contributed by atoms with Gasteiger partial charge in [0.05, 0.1) is 0 Å². The fourth-order valence-corrected chi connectivity index (χ4v) is 4.57. The second-order valence-corrected chi connectivity index (χ2v) is 7.96. The van der Waals surface area contributed by atoms with Crippen LogP contribution in [-0.2, 0) is 0 Å². The fraction of sp³-hybridized carbons (Fsp3) is 0.714. The van der Waals surface area contributed by atoms with Gasteiger partial charge in [0.2, 0.25) is 0 Å². The van der Waals surface area contributed by atoms with Gasteiger partial charge in [-0.15, -0.1) is 0 Å². The molecular weight excluding hydrogens is 296 g/mol. The minimum Gasteiger partial charge on any atom is -0.508 e. The van der Waals surface area contributed by atoms with Crippen molar-refractivity contribution in [1.82, 2.24) is 9.80 Å². The average molecular weight is 331 g/mol. The summed E-state index contributed by atoms with van der Waals surface area (Å²) in [5.41, 5.74) is 1.28. The second kappa shape index (κ2) is 8.35. The van der Waals surface area contributed by atoms with Crippen molar-refractivity contribution in [2.45, 2.75) is 52.0 Å². The Morgan fingerprint density at radius 3 is 2.58 bits per heavy atom. The van der Waals surface area contributed by atoms with E-state index in [2.05, 4.69) is 29.7 Å². The molecule has 1 aromatic rings. The van der Waals surface area contributed by atoms with Gasteiger partial charge in [-0.2, -0.15) is 0 Å². The Balaban J connectivity index is 1.63. The first-order valence-corrected chi connectivity index (χ1v) is 9.90. The zero-order valence-electron chi connectivity index (χ0n) is 15.5. The van der Waals surface area contributed by atoms with E-state index in [0.717, 1.165) is 5.92 Å². The van der Waals surface area contributed by atoms with Gasteiger partial charge in [0, 0.05) is 6.04 Å². The number of nitrogens with zero attached hydrogens (tertiary/aromatic N) is 2. The number of piperidine rings is 2. The van der Waals surface area contributed by atoms with E-state index in [1.165, 1.54) is 70.4 Å². The van der Waals surface area contributed by atoms with E-state index >= 15 is 0 Å². The van der Waals surface area contributed by atoms with Gasteiger partial charge in [-0.1, -0.05) is 32.4 Å². The van der Waals surface area contributed by atoms with Crippen LogP contribution in [0.25, 0.3) is 0 Å². The molecule has 0 spiro atoms. The van der Waals surface area contributed by atoms with Gasteiger partial charge in [-0.25, -0.2) is 0 Å². The van der Waals surface area contributed by atoms with Crippen molar-refractivity contribution in [2.24, 2.45) is 11.8 Å². The summed E-state index contributed by atoms with van der Waals surface area (Å²) in [6.07, 6.45) is 6.72.